The molecule has 0 radical (unpaired) electrons. The molecule has 1 heterocycles. The van der Waals surface area contributed by atoms with Gasteiger partial charge >= 0.3 is 0 Å². The van der Waals surface area contributed by atoms with Crippen LogP contribution in [0.25, 0.3) is 0 Å². The van der Waals surface area contributed by atoms with E-state index >= 15 is 0 Å². The molecule has 1 rings (SSSR count). The smallest absolute Gasteiger partial charge is 0.237 e. The van der Waals surface area contributed by atoms with Gasteiger partial charge in [-0.25, -0.2) is 0 Å². The number of primary amides is 1. The number of carbonyl (C=O) groups excluding carboxylic acids is 2. The molecular weight excluding hydrogens is 210 g/mol. The van der Waals surface area contributed by atoms with Gasteiger partial charge in [0.05, 0.1) is 18.7 Å². The lowest BCUT2D eigenvalue weighted by Gasteiger charge is -2.09. The Hall–Kier alpha value is -1.82. The van der Waals surface area contributed by atoms with Crippen LogP contribution in [0.5, 0.6) is 0 Å². The van der Waals surface area contributed by atoms with Crippen molar-refractivity contribution in [3.63, 3.8) is 0 Å². The molecule has 6 nitrogen and oxygen atoms in total. The van der Waals surface area contributed by atoms with Crippen LogP contribution in [-0.4, -0.2) is 24.4 Å². The molecule has 5 N–H and O–H groups in total. The van der Waals surface area contributed by atoms with Gasteiger partial charge in [-0.3, -0.25) is 9.59 Å². The number of amides is 2. The lowest BCUT2D eigenvalue weighted by atomic mass is 10.2. The number of furan rings is 1. The van der Waals surface area contributed by atoms with Gasteiger partial charge in [-0.2, -0.15) is 0 Å². The summed E-state index contributed by atoms with van der Waals surface area (Å²) in [5.41, 5.74) is 10.4. The van der Waals surface area contributed by atoms with Crippen LogP contribution in [0, 0.1) is 0 Å². The van der Waals surface area contributed by atoms with Gasteiger partial charge in [0.2, 0.25) is 11.8 Å². The molecule has 0 aromatic carbocycles. The quantitative estimate of drug-likeness (QED) is 0.585. The van der Waals surface area contributed by atoms with Crippen LogP contribution in [0.4, 0.5) is 0 Å². The first-order valence-electron chi connectivity index (χ1n) is 4.93. The van der Waals surface area contributed by atoms with Crippen molar-refractivity contribution in [1.29, 1.82) is 0 Å². The van der Waals surface area contributed by atoms with Crippen molar-refractivity contribution in [2.75, 3.05) is 6.54 Å². The number of carbonyl (C=O) groups is 2. The van der Waals surface area contributed by atoms with E-state index < -0.39 is 11.9 Å². The third-order valence-corrected chi connectivity index (χ3v) is 2.01. The van der Waals surface area contributed by atoms with Crippen molar-refractivity contribution in [3.05, 3.63) is 24.2 Å². The fourth-order valence-electron chi connectivity index (χ4n) is 1.20. The van der Waals surface area contributed by atoms with Gasteiger partial charge in [0.1, 0.15) is 5.76 Å². The monoisotopic (exact) mass is 225 g/mol. The molecule has 88 valence electrons. The molecule has 0 fully saturated rings. The zero-order valence-electron chi connectivity index (χ0n) is 8.81. The van der Waals surface area contributed by atoms with Crippen molar-refractivity contribution < 1.29 is 14.0 Å². The predicted molar refractivity (Wildman–Crippen MR) is 57.2 cm³/mol. The van der Waals surface area contributed by atoms with E-state index in [1.807, 2.05) is 6.07 Å². The topological polar surface area (TPSA) is 111 Å². The average Bonchev–Trinajstić information content (AvgIpc) is 2.69. The molecule has 16 heavy (non-hydrogen) atoms. The van der Waals surface area contributed by atoms with Gasteiger partial charge in [0.25, 0.3) is 0 Å². The van der Waals surface area contributed by atoms with Crippen LogP contribution in [0.1, 0.15) is 12.2 Å². The number of rotatable bonds is 6. The van der Waals surface area contributed by atoms with Gasteiger partial charge in [0.15, 0.2) is 0 Å². The predicted octanol–water partition coefficient (Wildman–Crippen LogP) is -0.859. The summed E-state index contributed by atoms with van der Waals surface area (Å²) in [4.78, 5) is 21.9. The van der Waals surface area contributed by atoms with Gasteiger partial charge in [-0.15, -0.1) is 0 Å². The molecule has 0 saturated carbocycles. The highest BCUT2D eigenvalue weighted by Gasteiger charge is 2.15. The summed E-state index contributed by atoms with van der Waals surface area (Å²) in [6, 6.07) is 2.71. The Morgan fingerprint density at radius 2 is 2.25 bits per heavy atom. The molecule has 1 atom stereocenters. The van der Waals surface area contributed by atoms with Gasteiger partial charge in [0, 0.05) is 13.0 Å². The molecule has 0 aliphatic heterocycles. The molecule has 6 heteroatoms. The molecule has 0 spiro atoms. The molecule has 0 aliphatic rings. The van der Waals surface area contributed by atoms with Crippen molar-refractivity contribution in [2.24, 2.45) is 11.5 Å². The third-order valence-electron chi connectivity index (χ3n) is 2.01. The average molecular weight is 225 g/mol. The number of nitrogens with one attached hydrogen (secondary N) is 1. The first-order chi connectivity index (χ1) is 7.59. The zero-order valence-corrected chi connectivity index (χ0v) is 8.81. The molecule has 1 aromatic rings. The Kier molecular flexibility index (Phi) is 4.53. The number of hydrogen-bond acceptors (Lipinski definition) is 4. The Morgan fingerprint density at radius 1 is 1.50 bits per heavy atom. The molecule has 1 unspecified atom stereocenters. The SMILES string of the molecule is NC(=O)CC(N)C(=O)NCCc1ccco1. The second-order valence-corrected chi connectivity index (χ2v) is 3.40. The van der Waals surface area contributed by atoms with Crippen LogP contribution in [0.3, 0.4) is 0 Å². The minimum atomic E-state index is -0.880. The Bertz CT molecular complexity index is 348. The van der Waals surface area contributed by atoms with Gasteiger partial charge in [-0.05, 0) is 12.1 Å². The fraction of sp³-hybridized carbons (Fsp3) is 0.400. The summed E-state index contributed by atoms with van der Waals surface area (Å²) in [6.45, 7) is 0.415. The van der Waals surface area contributed by atoms with E-state index in [0.29, 0.717) is 13.0 Å². The molecule has 1 aromatic heterocycles. The molecule has 0 bridgehead atoms. The lowest BCUT2D eigenvalue weighted by molar-refractivity contribution is -0.126. The second-order valence-electron chi connectivity index (χ2n) is 3.40. The van der Waals surface area contributed by atoms with E-state index in [-0.39, 0.29) is 12.3 Å². The maximum Gasteiger partial charge on any atom is 0.237 e. The maximum atomic E-state index is 11.3. The largest absolute Gasteiger partial charge is 0.469 e. The van der Waals surface area contributed by atoms with Crippen LogP contribution in [0.15, 0.2) is 22.8 Å². The zero-order chi connectivity index (χ0) is 12.0. The fourth-order valence-corrected chi connectivity index (χ4v) is 1.20. The summed E-state index contributed by atoms with van der Waals surface area (Å²) in [6.07, 6.45) is 2.00. The van der Waals surface area contributed by atoms with E-state index in [4.69, 9.17) is 15.9 Å². The molecule has 2 amide bonds. The lowest BCUT2D eigenvalue weighted by Crippen LogP contribution is -2.43. The van der Waals surface area contributed by atoms with E-state index in [1.54, 1.807) is 12.3 Å². The minimum Gasteiger partial charge on any atom is -0.469 e. The van der Waals surface area contributed by atoms with E-state index in [0.717, 1.165) is 5.76 Å². The first-order valence-corrected chi connectivity index (χ1v) is 4.93. The number of hydrogen-bond donors (Lipinski definition) is 3. The Balaban J connectivity index is 2.22. The van der Waals surface area contributed by atoms with Crippen molar-refractivity contribution in [1.82, 2.24) is 5.32 Å². The van der Waals surface area contributed by atoms with Crippen LogP contribution in [-0.2, 0) is 16.0 Å². The van der Waals surface area contributed by atoms with Crippen LogP contribution < -0.4 is 16.8 Å². The van der Waals surface area contributed by atoms with Crippen molar-refractivity contribution in [2.45, 2.75) is 18.9 Å². The van der Waals surface area contributed by atoms with Crippen LogP contribution >= 0.6 is 0 Å². The van der Waals surface area contributed by atoms with E-state index in [2.05, 4.69) is 5.32 Å². The summed E-state index contributed by atoms with van der Waals surface area (Å²) >= 11 is 0. The Morgan fingerprint density at radius 3 is 2.81 bits per heavy atom. The number of nitrogens with two attached hydrogens (primary N) is 2. The molecular formula is C10H15N3O3. The highest BCUT2D eigenvalue weighted by Crippen LogP contribution is 1.99. The van der Waals surface area contributed by atoms with Gasteiger partial charge in [-0.1, -0.05) is 0 Å². The standard InChI is InChI=1S/C10H15N3O3/c11-8(6-9(12)14)10(15)13-4-3-7-2-1-5-16-7/h1-2,5,8H,3-4,6,11H2,(H2,12,14)(H,13,15). The summed E-state index contributed by atoms with van der Waals surface area (Å²) < 4.78 is 5.08. The second kappa shape index (κ2) is 5.92. The molecule has 0 saturated heterocycles. The van der Waals surface area contributed by atoms with E-state index in [9.17, 15) is 9.59 Å². The van der Waals surface area contributed by atoms with Crippen molar-refractivity contribution in [3.8, 4) is 0 Å². The first kappa shape index (κ1) is 12.3. The third kappa shape index (κ3) is 4.14. The maximum absolute atomic E-state index is 11.3. The van der Waals surface area contributed by atoms with Crippen molar-refractivity contribution >= 4 is 11.8 Å². The normalized spacial score (nSPS) is 12.1. The highest BCUT2D eigenvalue weighted by molar-refractivity contribution is 5.87. The van der Waals surface area contributed by atoms with Crippen LogP contribution in [0.2, 0.25) is 0 Å². The minimum absolute atomic E-state index is 0.146. The van der Waals surface area contributed by atoms with E-state index in [1.165, 1.54) is 0 Å². The Labute approximate surface area is 93.0 Å². The summed E-state index contributed by atoms with van der Waals surface area (Å²) in [7, 11) is 0. The van der Waals surface area contributed by atoms with Gasteiger partial charge < -0.3 is 21.2 Å². The molecule has 0 aliphatic carbocycles. The summed E-state index contributed by atoms with van der Waals surface area (Å²) in [5, 5.41) is 2.59. The highest BCUT2D eigenvalue weighted by atomic mass is 16.3. The summed E-state index contributed by atoms with van der Waals surface area (Å²) in [5.74, 6) is -0.192.